The van der Waals surface area contributed by atoms with Crippen LogP contribution in [0.2, 0.25) is 0 Å². The molecule has 0 heterocycles. The molecule has 1 aromatic rings. The Hall–Kier alpha value is -1.03. The van der Waals surface area contributed by atoms with Gasteiger partial charge in [-0.3, -0.25) is 4.79 Å². The van der Waals surface area contributed by atoms with Gasteiger partial charge in [0.2, 0.25) is 5.91 Å². The second kappa shape index (κ2) is 7.33. The van der Waals surface area contributed by atoms with Gasteiger partial charge in [0.25, 0.3) is 0 Å². The standard InChI is InChI=1S/C13H18BrNO2/c1-10-9-11(6-7-12(10)16)15-13(17)5-3-2-4-8-14/h6-7,9,16H,2-5,8H2,1H3,(H,15,17). The molecule has 4 heteroatoms. The largest absolute Gasteiger partial charge is 0.508 e. The molecule has 3 nitrogen and oxygen atoms in total. The molecule has 1 rings (SSSR count). The number of hydrogen-bond acceptors (Lipinski definition) is 2. The van der Waals surface area contributed by atoms with Crippen LogP contribution in [-0.4, -0.2) is 16.3 Å². The molecule has 1 amide bonds. The molecule has 0 radical (unpaired) electrons. The summed E-state index contributed by atoms with van der Waals surface area (Å²) in [5.41, 5.74) is 1.51. The lowest BCUT2D eigenvalue weighted by atomic mass is 10.1. The molecule has 0 fully saturated rings. The summed E-state index contributed by atoms with van der Waals surface area (Å²) in [7, 11) is 0. The van der Waals surface area contributed by atoms with Crippen molar-refractivity contribution in [2.75, 3.05) is 10.6 Å². The van der Waals surface area contributed by atoms with Gasteiger partial charge in [0.15, 0.2) is 0 Å². The highest BCUT2D eigenvalue weighted by atomic mass is 79.9. The minimum Gasteiger partial charge on any atom is -0.508 e. The zero-order chi connectivity index (χ0) is 12.7. The molecule has 0 unspecified atom stereocenters. The monoisotopic (exact) mass is 299 g/mol. The third-order valence-corrected chi connectivity index (χ3v) is 3.08. The van der Waals surface area contributed by atoms with Crippen LogP contribution < -0.4 is 5.32 Å². The molecule has 0 saturated heterocycles. The maximum absolute atomic E-state index is 11.6. The summed E-state index contributed by atoms with van der Waals surface area (Å²) in [5, 5.41) is 13.2. The minimum absolute atomic E-state index is 0.0321. The van der Waals surface area contributed by atoms with Crippen molar-refractivity contribution in [2.24, 2.45) is 0 Å². The predicted octanol–water partition coefficient (Wildman–Crippen LogP) is 3.59. The molecule has 94 valence electrons. The van der Waals surface area contributed by atoms with Crippen LogP contribution in [0.25, 0.3) is 0 Å². The second-order valence-corrected chi connectivity index (χ2v) is 4.84. The number of carbonyl (C=O) groups is 1. The van der Waals surface area contributed by atoms with Crippen molar-refractivity contribution in [3.63, 3.8) is 0 Å². The fourth-order valence-corrected chi connectivity index (χ4v) is 1.91. The predicted molar refractivity (Wildman–Crippen MR) is 73.7 cm³/mol. The highest BCUT2D eigenvalue weighted by molar-refractivity contribution is 9.09. The maximum Gasteiger partial charge on any atom is 0.224 e. The lowest BCUT2D eigenvalue weighted by molar-refractivity contribution is -0.116. The summed E-state index contributed by atoms with van der Waals surface area (Å²) in [4.78, 5) is 11.6. The van der Waals surface area contributed by atoms with Crippen molar-refractivity contribution >= 4 is 27.5 Å². The van der Waals surface area contributed by atoms with Gasteiger partial charge in [-0.05, 0) is 43.5 Å². The number of nitrogens with one attached hydrogen (secondary N) is 1. The van der Waals surface area contributed by atoms with E-state index in [1.807, 2.05) is 0 Å². The Morgan fingerprint density at radius 3 is 2.76 bits per heavy atom. The first kappa shape index (κ1) is 14.0. The third-order valence-electron chi connectivity index (χ3n) is 2.52. The average Bonchev–Trinajstić information content (AvgIpc) is 2.30. The molecule has 0 saturated carbocycles. The summed E-state index contributed by atoms with van der Waals surface area (Å²) in [6.07, 6.45) is 3.63. The molecular weight excluding hydrogens is 282 g/mol. The van der Waals surface area contributed by atoms with E-state index >= 15 is 0 Å². The van der Waals surface area contributed by atoms with Crippen LogP contribution in [0.1, 0.15) is 31.2 Å². The zero-order valence-corrected chi connectivity index (χ0v) is 11.6. The van der Waals surface area contributed by atoms with Crippen LogP contribution in [0.4, 0.5) is 5.69 Å². The molecule has 0 atom stereocenters. The van der Waals surface area contributed by atoms with E-state index in [9.17, 15) is 9.90 Å². The first-order valence-electron chi connectivity index (χ1n) is 5.79. The van der Waals surface area contributed by atoms with Crippen LogP contribution >= 0.6 is 15.9 Å². The van der Waals surface area contributed by atoms with Gasteiger partial charge >= 0.3 is 0 Å². The molecular formula is C13H18BrNO2. The van der Waals surface area contributed by atoms with E-state index in [-0.39, 0.29) is 11.7 Å². The van der Waals surface area contributed by atoms with Crippen LogP contribution in [0.3, 0.4) is 0 Å². The molecule has 2 N–H and O–H groups in total. The van der Waals surface area contributed by atoms with Crippen LogP contribution in [0.5, 0.6) is 5.75 Å². The van der Waals surface area contributed by atoms with Gasteiger partial charge in [0.05, 0.1) is 0 Å². The molecule has 1 aromatic carbocycles. The molecule has 0 bridgehead atoms. The quantitative estimate of drug-likeness (QED) is 0.479. The van der Waals surface area contributed by atoms with E-state index in [4.69, 9.17) is 0 Å². The minimum atomic E-state index is 0.0321. The fourth-order valence-electron chi connectivity index (χ4n) is 1.51. The summed E-state index contributed by atoms with van der Waals surface area (Å²) in [6.45, 7) is 1.81. The first-order valence-corrected chi connectivity index (χ1v) is 6.91. The van der Waals surface area contributed by atoms with Crippen LogP contribution in [0.15, 0.2) is 18.2 Å². The Labute approximate surface area is 110 Å². The van der Waals surface area contributed by atoms with E-state index in [0.717, 1.165) is 35.8 Å². The molecule has 0 spiro atoms. The second-order valence-electron chi connectivity index (χ2n) is 4.05. The molecule has 17 heavy (non-hydrogen) atoms. The normalized spacial score (nSPS) is 10.2. The number of carbonyl (C=O) groups excluding carboxylic acids is 1. The summed E-state index contributed by atoms with van der Waals surface area (Å²) >= 11 is 3.36. The van der Waals surface area contributed by atoms with Gasteiger partial charge in [-0.25, -0.2) is 0 Å². The van der Waals surface area contributed by atoms with Gasteiger partial charge < -0.3 is 10.4 Å². The van der Waals surface area contributed by atoms with Crippen LogP contribution in [0, 0.1) is 6.92 Å². The number of halogens is 1. The van der Waals surface area contributed by atoms with Crippen molar-refractivity contribution in [3.8, 4) is 5.75 Å². The summed E-state index contributed by atoms with van der Waals surface area (Å²) in [6, 6.07) is 5.07. The fraction of sp³-hybridized carbons (Fsp3) is 0.462. The van der Waals surface area contributed by atoms with Crippen molar-refractivity contribution in [1.29, 1.82) is 0 Å². The first-order chi connectivity index (χ1) is 8.13. The number of alkyl halides is 1. The highest BCUT2D eigenvalue weighted by Crippen LogP contribution is 2.20. The summed E-state index contributed by atoms with van der Waals surface area (Å²) < 4.78 is 0. The number of benzene rings is 1. The number of rotatable bonds is 6. The lowest BCUT2D eigenvalue weighted by Crippen LogP contribution is -2.11. The summed E-state index contributed by atoms with van der Waals surface area (Å²) in [5.74, 6) is 0.282. The van der Waals surface area contributed by atoms with E-state index in [1.54, 1.807) is 25.1 Å². The lowest BCUT2D eigenvalue weighted by Gasteiger charge is -2.06. The van der Waals surface area contributed by atoms with Gasteiger partial charge in [-0.1, -0.05) is 22.4 Å². The Morgan fingerprint density at radius 1 is 1.35 bits per heavy atom. The van der Waals surface area contributed by atoms with Crippen molar-refractivity contribution in [1.82, 2.24) is 0 Å². The van der Waals surface area contributed by atoms with E-state index in [2.05, 4.69) is 21.2 Å². The Balaban J connectivity index is 2.37. The number of unbranched alkanes of at least 4 members (excludes halogenated alkanes) is 2. The van der Waals surface area contributed by atoms with E-state index in [1.165, 1.54) is 0 Å². The molecule has 0 aliphatic heterocycles. The molecule has 0 aliphatic carbocycles. The third kappa shape index (κ3) is 5.22. The Bertz CT molecular complexity index is 380. The van der Waals surface area contributed by atoms with E-state index < -0.39 is 0 Å². The molecule has 0 aliphatic rings. The Kier molecular flexibility index (Phi) is 6.05. The van der Waals surface area contributed by atoms with Crippen LogP contribution in [-0.2, 0) is 4.79 Å². The van der Waals surface area contributed by atoms with Gasteiger partial charge in [-0.15, -0.1) is 0 Å². The Morgan fingerprint density at radius 2 is 2.12 bits per heavy atom. The average molecular weight is 300 g/mol. The van der Waals surface area contributed by atoms with Gasteiger partial charge in [-0.2, -0.15) is 0 Å². The number of hydrogen-bond donors (Lipinski definition) is 2. The number of phenols is 1. The number of aromatic hydroxyl groups is 1. The van der Waals surface area contributed by atoms with Crippen molar-refractivity contribution in [2.45, 2.75) is 32.6 Å². The maximum atomic E-state index is 11.6. The number of anilines is 1. The van der Waals surface area contributed by atoms with Gasteiger partial charge in [0, 0.05) is 17.4 Å². The van der Waals surface area contributed by atoms with Crippen molar-refractivity contribution < 1.29 is 9.90 Å². The number of amides is 1. The van der Waals surface area contributed by atoms with Crippen molar-refractivity contribution in [3.05, 3.63) is 23.8 Å². The highest BCUT2D eigenvalue weighted by Gasteiger charge is 2.03. The topological polar surface area (TPSA) is 49.3 Å². The number of phenolic OH excluding ortho intramolecular Hbond substituents is 1. The number of aryl methyl sites for hydroxylation is 1. The van der Waals surface area contributed by atoms with Gasteiger partial charge in [0.1, 0.15) is 5.75 Å². The smallest absolute Gasteiger partial charge is 0.224 e. The zero-order valence-electron chi connectivity index (χ0n) is 10.0. The van der Waals surface area contributed by atoms with E-state index in [0.29, 0.717) is 6.42 Å². The molecule has 0 aromatic heterocycles. The SMILES string of the molecule is Cc1cc(NC(=O)CCCCCBr)ccc1O.